The van der Waals surface area contributed by atoms with Gasteiger partial charge in [-0.1, -0.05) is 0 Å². The Balaban J connectivity index is 1.88. The van der Waals surface area contributed by atoms with Crippen LogP contribution in [-0.4, -0.2) is 34.0 Å². The molecule has 122 valence electrons. The number of rotatable bonds is 1. The Labute approximate surface area is 137 Å². The molecular weight excluding hydrogens is 308 g/mol. The summed E-state index contributed by atoms with van der Waals surface area (Å²) < 4.78 is 6.21. The van der Waals surface area contributed by atoms with Gasteiger partial charge in [0.15, 0.2) is 5.58 Å². The minimum atomic E-state index is -0.717. The summed E-state index contributed by atoms with van der Waals surface area (Å²) in [5.74, 6) is -1.14. The van der Waals surface area contributed by atoms with Gasteiger partial charge < -0.3 is 15.1 Å². The van der Waals surface area contributed by atoms with E-state index in [4.69, 9.17) is 10.2 Å². The van der Waals surface area contributed by atoms with Gasteiger partial charge >= 0.3 is 5.76 Å². The number of hydrogen-bond donors (Lipinski definition) is 1. The molecule has 0 fully saturated rings. The standard InChI is InChI=1S/C17H16N4O3/c1-20-5-4-12-10(9-20)7-19-8-13(12)16(22)21-14-3-2-11(18)6-15(14)24-17(21)23/h2-3,6-8H,4-5,9,18H2,1H3. The summed E-state index contributed by atoms with van der Waals surface area (Å²) in [5.41, 5.74) is 9.29. The van der Waals surface area contributed by atoms with Crippen LogP contribution in [0.1, 0.15) is 21.5 Å². The third kappa shape index (κ3) is 2.21. The van der Waals surface area contributed by atoms with Gasteiger partial charge in [-0.2, -0.15) is 0 Å². The molecule has 24 heavy (non-hydrogen) atoms. The SMILES string of the molecule is CN1CCc2c(cncc2C(=O)n2c(=O)oc3cc(N)ccc32)C1. The predicted molar refractivity (Wildman–Crippen MR) is 88.9 cm³/mol. The highest BCUT2D eigenvalue weighted by molar-refractivity contribution is 6.02. The highest BCUT2D eigenvalue weighted by Gasteiger charge is 2.24. The zero-order valence-corrected chi connectivity index (χ0v) is 13.2. The molecule has 0 radical (unpaired) electrons. The molecule has 7 nitrogen and oxygen atoms in total. The monoisotopic (exact) mass is 324 g/mol. The van der Waals surface area contributed by atoms with Gasteiger partial charge in [0.2, 0.25) is 0 Å². The van der Waals surface area contributed by atoms with E-state index < -0.39 is 11.7 Å². The predicted octanol–water partition coefficient (Wildman–Crippen LogP) is 1.25. The first kappa shape index (κ1) is 14.6. The van der Waals surface area contributed by atoms with Crippen LogP contribution in [0.25, 0.3) is 11.1 Å². The van der Waals surface area contributed by atoms with E-state index >= 15 is 0 Å². The third-order valence-electron chi connectivity index (χ3n) is 4.37. The summed E-state index contributed by atoms with van der Waals surface area (Å²) in [6.45, 7) is 1.59. The van der Waals surface area contributed by atoms with Crippen molar-refractivity contribution in [3.63, 3.8) is 0 Å². The normalized spacial score (nSPS) is 14.7. The fourth-order valence-corrected chi connectivity index (χ4v) is 3.17. The van der Waals surface area contributed by atoms with Gasteiger partial charge in [0.25, 0.3) is 5.91 Å². The van der Waals surface area contributed by atoms with Crippen molar-refractivity contribution in [1.29, 1.82) is 0 Å². The fraction of sp³-hybridized carbons (Fsp3) is 0.235. The number of carbonyl (C=O) groups excluding carboxylic acids is 1. The molecule has 1 aromatic carbocycles. The van der Waals surface area contributed by atoms with Crippen LogP contribution in [-0.2, 0) is 13.0 Å². The minimum absolute atomic E-state index is 0.297. The first-order chi connectivity index (χ1) is 11.5. The van der Waals surface area contributed by atoms with Crippen molar-refractivity contribution in [2.24, 2.45) is 0 Å². The lowest BCUT2D eigenvalue weighted by Gasteiger charge is -2.25. The molecule has 3 heterocycles. The zero-order valence-electron chi connectivity index (χ0n) is 13.2. The number of carbonyl (C=O) groups is 1. The second-order valence-corrected chi connectivity index (χ2v) is 6.05. The summed E-state index contributed by atoms with van der Waals surface area (Å²) in [6, 6.07) is 4.78. The van der Waals surface area contributed by atoms with Crippen LogP contribution in [0.3, 0.4) is 0 Å². The van der Waals surface area contributed by atoms with Gasteiger partial charge in [-0.05, 0) is 36.7 Å². The summed E-state index contributed by atoms with van der Waals surface area (Å²) in [6.07, 6.45) is 4.04. The number of fused-ring (bicyclic) bond motifs is 2. The average Bonchev–Trinajstić information content (AvgIpc) is 2.88. The lowest BCUT2D eigenvalue weighted by atomic mass is 9.97. The van der Waals surface area contributed by atoms with Crippen LogP contribution in [0.2, 0.25) is 0 Å². The highest BCUT2D eigenvalue weighted by atomic mass is 16.4. The molecule has 0 saturated carbocycles. The van der Waals surface area contributed by atoms with Crippen molar-refractivity contribution in [1.82, 2.24) is 14.5 Å². The number of pyridine rings is 1. The van der Waals surface area contributed by atoms with Crippen molar-refractivity contribution in [3.8, 4) is 0 Å². The molecule has 2 aromatic heterocycles. The average molecular weight is 324 g/mol. The lowest BCUT2D eigenvalue weighted by Crippen LogP contribution is -2.30. The third-order valence-corrected chi connectivity index (χ3v) is 4.37. The van der Waals surface area contributed by atoms with E-state index in [1.807, 2.05) is 7.05 Å². The number of benzene rings is 1. The molecule has 0 atom stereocenters. The Morgan fingerprint density at radius 2 is 2.17 bits per heavy atom. The van der Waals surface area contributed by atoms with Crippen molar-refractivity contribution in [2.75, 3.05) is 19.3 Å². The summed E-state index contributed by atoms with van der Waals surface area (Å²) in [4.78, 5) is 31.5. The number of nitrogen functional groups attached to an aromatic ring is 1. The summed E-state index contributed by atoms with van der Waals surface area (Å²) >= 11 is 0. The minimum Gasteiger partial charge on any atom is -0.407 e. The van der Waals surface area contributed by atoms with Crippen LogP contribution in [0.5, 0.6) is 0 Å². The molecule has 0 amide bonds. The molecule has 1 aliphatic rings. The molecule has 0 unspecified atom stereocenters. The molecular formula is C17H16N4O3. The van der Waals surface area contributed by atoms with E-state index in [2.05, 4.69) is 9.88 Å². The van der Waals surface area contributed by atoms with Crippen LogP contribution in [0.4, 0.5) is 5.69 Å². The van der Waals surface area contributed by atoms with Crippen molar-refractivity contribution in [3.05, 3.63) is 57.8 Å². The Morgan fingerprint density at radius 3 is 3.00 bits per heavy atom. The molecule has 2 N–H and O–H groups in total. The number of likely N-dealkylation sites (N-methyl/N-ethyl adjacent to an activating group) is 1. The van der Waals surface area contributed by atoms with Gasteiger partial charge in [0.05, 0.1) is 11.1 Å². The molecule has 3 aromatic rings. The fourth-order valence-electron chi connectivity index (χ4n) is 3.17. The number of anilines is 1. The van der Waals surface area contributed by atoms with Crippen LogP contribution in [0.15, 0.2) is 39.8 Å². The van der Waals surface area contributed by atoms with Crippen molar-refractivity contribution >= 4 is 22.7 Å². The second kappa shape index (κ2) is 5.31. The first-order valence-electron chi connectivity index (χ1n) is 7.64. The number of nitrogens with zero attached hydrogens (tertiary/aromatic N) is 3. The Kier molecular flexibility index (Phi) is 3.24. The Morgan fingerprint density at radius 1 is 1.33 bits per heavy atom. The van der Waals surface area contributed by atoms with Crippen molar-refractivity contribution in [2.45, 2.75) is 13.0 Å². The molecule has 0 saturated heterocycles. The molecule has 0 spiro atoms. The smallest absolute Gasteiger partial charge is 0.407 e. The Hall–Kier alpha value is -2.93. The lowest BCUT2D eigenvalue weighted by molar-refractivity contribution is 0.0954. The van der Waals surface area contributed by atoms with Gasteiger partial charge in [-0.3, -0.25) is 9.78 Å². The van der Waals surface area contributed by atoms with E-state index in [0.717, 1.165) is 35.2 Å². The zero-order chi connectivity index (χ0) is 16.8. The summed E-state index contributed by atoms with van der Waals surface area (Å²) in [7, 11) is 2.02. The van der Waals surface area contributed by atoms with E-state index in [1.165, 1.54) is 12.3 Å². The first-order valence-corrected chi connectivity index (χ1v) is 7.64. The van der Waals surface area contributed by atoms with Gasteiger partial charge in [0, 0.05) is 37.2 Å². The topological polar surface area (TPSA) is 94.4 Å². The molecule has 7 heteroatoms. The quantitative estimate of drug-likeness (QED) is 0.677. The Bertz CT molecular complexity index is 1020. The van der Waals surface area contributed by atoms with E-state index in [1.54, 1.807) is 18.3 Å². The van der Waals surface area contributed by atoms with Crippen LogP contribution >= 0.6 is 0 Å². The highest BCUT2D eigenvalue weighted by Crippen LogP contribution is 2.23. The maximum atomic E-state index is 13.0. The number of aromatic nitrogens is 2. The van der Waals surface area contributed by atoms with E-state index in [0.29, 0.717) is 22.4 Å². The maximum absolute atomic E-state index is 13.0. The van der Waals surface area contributed by atoms with Crippen LogP contribution in [0, 0.1) is 0 Å². The summed E-state index contributed by atoms with van der Waals surface area (Å²) in [5, 5.41) is 0. The maximum Gasteiger partial charge on any atom is 0.427 e. The number of hydrogen-bond acceptors (Lipinski definition) is 6. The number of oxazole rings is 1. The van der Waals surface area contributed by atoms with E-state index in [-0.39, 0.29) is 0 Å². The van der Waals surface area contributed by atoms with Crippen molar-refractivity contribution < 1.29 is 9.21 Å². The number of nitrogens with two attached hydrogens (primary N) is 1. The van der Waals surface area contributed by atoms with Gasteiger partial charge in [0.1, 0.15) is 0 Å². The molecule has 0 bridgehead atoms. The molecule has 1 aliphatic heterocycles. The van der Waals surface area contributed by atoms with Crippen LogP contribution < -0.4 is 11.5 Å². The van der Waals surface area contributed by atoms with E-state index in [9.17, 15) is 9.59 Å². The van der Waals surface area contributed by atoms with Gasteiger partial charge in [-0.25, -0.2) is 9.36 Å². The molecule has 0 aliphatic carbocycles. The van der Waals surface area contributed by atoms with Gasteiger partial charge in [-0.15, -0.1) is 0 Å². The molecule has 4 rings (SSSR count). The second-order valence-electron chi connectivity index (χ2n) is 6.05. The largest absolute Gasteiger partial charge is 0.427 e.